The molecular weight excluding hydrogens is 620 g/mol. The van der Waals surface area contributed by atoms with E-state index in [1.54, 1.807) is 0 Å². The van der Waals surface area contributed by atoms with Crippen molar-refractivity contribution in [3.63, 3.8) is 0 Å². The summed E-state index contributed by atoms with van der Waals surface area (Å²) in [6, 6.07) is 18.1. The first-order valence-electron chi connectivity index (χ1n) is 14.7. The molecule has 46 heavy (non-hydrogen) atoms. The molecule has 1 unspecified atom stereocenters. The third-order valence-corrected chi connectivity index (χ3v) is 9.46. The molecule has 0 spiro atoms. The van der Waals surface area contributed by atoms with Gasteiger partial charge in [-0.1, -0.05) is 50.2 Å². The highest BCUT2D eigenvalue weighted by Gasteiger charge is 2.39. The fraction of sp³-hybridized carbons (Fsp3) is 0.387. The van der Waals surface area contributed by atoms with E-state index < -0.39 is 45.5 Å². The van der Waals surface area contributed by atoms with Gasteiger partial charge in [-0.2, -0.15) is 4.31 Å². The van der Waals surface area contributed by atoms with Crippen molar-refractivity contribution in [1.82, 2.24) is 9.62 Å². The number of nitrogens with one attached hydrogen (secondary N) is 1. The number of nitro groups is 1. The largest absolute Gasteiger partial charge is 0.454 e. The first kappa shape index (κ1) is 33.1. The number of rotatable bonds is 14. The molecule has 1 amide bonds. The molecule has 1 saturated heterocycles. The van der Waals surface area contributed by atoms with Gasteiger partial charge >= 0.3 is 6.09 Å². The number of hydrogen-bond donors (Lipinski definition) is 3. The Kier molecular flexibility index (Phi) is 10.1. The van der Waals surface area contributed by atoms with Crippen LogP contribution >= 0.6 is 0 Å². The maximum atomic E-state index is 13.8. The third kappa shape index (κ3) is 7.57. The zero-order valence-electron chi connectivity index (χ0n) is 25.3. The van der Waals surface area contributed by atoms with Crippen LogP contribution in [0.25, 0.3) is 0 Å². The lowest BCUT2D eigenvalue weighted by Crippen LogP contribution is -2.55. The number of carbonyl (C=O) groups is 1. The van der Waals surface area contributed by atoms with Gasteiger partial charge in [0, 0.05) is 37.3 Å². The fourth-order valence-electron chi connectivity index (χ4n) is 5.34. The molecule has 5 rings (SSSR count). The maximum Gasteiger partial charge on any atom is 0.414 e. The van der Waals surface area contributed by atoms with Crippen LogP contribution in [0.4, 0.5) is 16.2 Å². The summed E-state index contributed by atoms with van der Waals surface area (Å²) in [7, 11) is -4.09. The van der Waals surface area contributed by atoms with Crippen LogP contribution in [0, 0.1) is 16.0 Å². The maximum absolute atomic E-state index is 13.8. The second-order valence-electron chi connectivity index (χ2n) is 11.5. The van der Waals surface area contributed by atoms with E-state index in [0.29, 0.717) is 11.5 Å². The van der Waals surface area contributed by atoms with Gasteiger partial charge in [-0.05, 0) is 36.1 Å². The summed E-state index contributed by atoms with van der Waals surface area (Å²) in [5, 5.41) is 36.9. The minimum atomic E-state index is -4.09. The number of fused-ring (bicyclic) bond motifs is 1. The molecule has 1 fully saturated rings. The van der Waals surface area contributed by atoms with Crippen LogP contribution in [0.5, 0.6) is 11.5 Å². The van der Waals surface area contributed by atoms with Crippen molar-refractivity contribution in [3.05, 3.63) is 88.5 Å². The topological polar surface area (TPSA) is 181 Å². The molecule has 0 radical (unpaired) electrons. The predicted octanol–water partition coefficient (Wildman–Crippen LogP) is 2.88. The summed E-state index contributed by atoms with van der Waals surface area (Å²) in [6.07, 6.45) is -4.48. The minimum Gasteiger partial charge on any atom is -0.454 e. The van der Waals surface area contributed by atoms with Crippen molar-refractivity contribution in [2.45, 2.75) is 49.6 Å². The van der Waals surface area contributed by atoms with Crippen LogP contribution in [0.1, 0.15) is 19.4 Å². The third-order valence-electron chi connectivity index (χ3n) is 7.63. The van der Waals surface area contributed by atoms with Crippen LogP contribution in [0.3, 0.4) is 0 Å². The zero-order valence-corrected chi connectivity index (χ0v) is 26.1. The smallest absolute Gasteiger partial charge is 0.414 e. The minimum absolute atomic E-state index is 0.0121. The van der Waals surface area contributed by atoms with Gasteiger partial charge in [0.2, 0.25) is 16.8 Å². The molecule has 246 valence electrons. The molecule has 15 heteroatoms. The van der Waals surface area contributed by atoms with Crippen LogP contribution in [0.2, 0.25) is 0 Å². The van der Waals surface area contributed by atoms with Gasteiger partial charge in [-0.25, -0.2) is 13.2 Å². The number of amides is 1. The number of aliphatic hydroxyl groups excluding tert-OH is 2. The average molecular weight is 657 g/mol. The second-order valence-corrected chi connectivity index (χ2v) is 13.5. The normalized spacial score (nSPS) is 18.1. The molecule has 3 aromatic carbocycles. The number of nitro benzene ring substituents is 1. The number of nitrogens with zero attached hydrogens (tertiary/aromatic N) is 3. The van der Waals surface area contributed by atoms with Crippen molar-refractivity contribution in [2.75, 3.05) is 31.3 Å². The fourth-order valence-corrected chi connectivity index (χ4v) is 6.97. The number of sulfonamides is 1. The Hall–Kier alpha value is -4.28. The number of aliphatic hydroxyl groups is 2. The highest BCUT2D eigenvalue weighted by atomic mass is 32.2. The summed E-state index contributed by atoms with van der Waals surface area (Å²) in [5.41, 5.74) is 0.829. The average Bonchev–Trinajstić information content (AvgIpc) is 3.67. The first-order chi connectivity index (χ1) is 21.9. The molecule has 3 N–H and O–H groups in total. The standard InChI is InChI=1S/C31H36N4O10S/c1-20(2)16-33(46(41,42)24-11-12-27-28(15-24)44-19-43-27)17-26(36)25(13-21-7-4-3-5-8-21)32-30(37)29-18-34(31(38)45-29)22-9-6-10-23(14-22)35(39)40/h3-12,14-15,20,25-26,29-30,32,36-37H,13,16-19H2,1-2H3/t25-,26+,29-,30?/m0/s1. The number of anilines is 1. The van der Waals surface area contributed by atoms with Gasteiger partial charge in [-0.15, -0.1) is 0 Å². The number of non-ortho nitro benzene ring substituents is 1. The van der Waals surface area contributed by atoms with Crippen LogP contribution < -0.4 is 19.7 Å². The van der Waals surface area contributed by atoms with Crippen molar-refractivity contribution >= 4 is 27.5 Å². The van der Waals surface area contributed by atoms with Gasteiger partial charge in [0.25, 0.3) is 5.69 Å². The van der Waals surface area contributed by atoms with E-state index >= 15 is 0 Å². The Labute approximate surface area is 266 Å². The number of hydrogen-bond acceptors (Lipinski definition) is 11. The van der Waals surface area contributed by atoms with E-state index in [4.69, 9.17) is 14.2 Å². The van der Waals surface area contributed by atoms with Gasteiger partial charge in [0.1, 0.15) is 6.23 Å². The first-order valence-corrected chi connectivity index (χ1v) is 16.1. The Morgan fingerprint density at radius 1 is 1.02 bits per heavy atom. The Morgan fingerprint density at radius 2 is 1.76 bits per heavy atom. The Morgan fingerprint density at radius 3 is 2.48 bits per heavy atom. The van der Waals surface area contributed by atoms with Crippen molar-refractivity contribution in [1.29, 1.82) is 0 Å². The molecule has 2 heterocycles. The molecule has 2 aliphatic rings. The quantitative estimate of drug-likeness (QED) is 0.132. The lowest BCUT2D eigenvalue weighted by molar-refractivity contribution is -0.384. The van der Waals surface area contributed by atoms with Gasteiger partial charge in [-0.3, -0.25) is 20.3 Å². The number of ether oxygens (including phenoxy) is 3. The van der Waals surface area contributed by atoms with Crippen LogP contribution in [-0.2, 0) is 21.2 Å². The molecule has 2 aliphatic heterocycles. The molecule has 0 aliphatic carbocycles. The molecular formula is C31H36N4O10S. The predicted molar refractivity (Wildman–Crippen MR) is 166 cm³/mol. The van der Waals surface area contributed by atoms with Gasteiger partial charge in [0.15, 0.2) is 17.6 Å². The highest BCUT2D eigenvalue weighted by Crippen LogP contribution is 2.35. The molecule has 3 aromatic rings. The van der Waals surface area contributed by atoms with E-state index in [1.807, 2.05) is 44.2 Å². The number of cyclic esters (lactones) is 1. The van der Waals surface area contributed by atoms with Crippen LogP contribution in [0.15, 0.2) is 77.7 Å². The SMILES string of the molecule is CC(C)CN(C[C@@H](O)[C@H](Cc1ccccc1)NC(O)[C@@H]1CN(c2cccc([N+](=O)[O-])c2)C(=O)O1)S(=O)(=O)c1ccc2c(c1)OCO2. The van der Waals surface area contributed by atoms with Gasteiger partial charge < -0.3 is 24.4 Å². The van der Waals surface area contributed by atoms with E-state index in [0.717, 1.165) is 5.56 Å². The molecule has 0 bridgehead atoms. The van der Waals surface area contributed by atoms with E-state index in [9.17, 15) is 33.5 Å². The lowest BCUT2D eigenvalue weighted by Gasteiger charge is -2.32. The molecule has 4 atom stereocenters. The second kappa shape index (κ2) is 14.0. The summed E-state index contributed by atoms with van der Waals surface area (Å²) in [4.78, 5) is 24.5. The summed E-state index contributed by atoms with van der Waals surface area (Å²) in [6.45, 7) is 3.38. The molecule has 0 saturated carbocycles. The Bertz CT molecular complexity index is 1660. The monoisotopic (exact) mass is 656 g/mol. The Balaban J connectivity index is 1.35. The number of benzene rings is 3. The highest BCUT2D eigenvalue weighted by molar-refractivity contribution is 7.89. The summed E-state index contributed by atoms with van der Waals surface area (Å²) in [5.74, 6) is 0.662. The zero-order chi connectivity index (χ0) is 33.0. The van der Waals surface area contributed by atoms with Crippen molar-refractivity contribution in [3.8, 4) is 11.5 Å². The van der Waals surface area contributed by atoms with E-state index in [1.165, 1.54) is 51.7 Å². The van der Waals surface area contributed by atoms with Crippen LogP contribution in [-0.4, -0.2) is 84.9 Å². The van der Waals surface area contributed by atoms with E-state index in [-0.39, 0.29) is 55.0 Å². The lowest BCUT2D eigenvalue weighted by atomic mass is 10.00. The summed E-state index contributed by atoms with van der Waals surface area (Å²) >= 11 is 0. The number of carbonyl (C=O) groups excluding carboxylic acids is 1. The van der Waals surface area contributed by atoms with Gasteiger partial charge in [0.05, 0.1) is 28.2 Å². The summed E-state index contributed by atoms with van der Waals surface area (Å²) < 4.78 is 44.9. The molecule has 14 nitrogen and oxygen atoms in total. The van der Waals surface area contributed by atoms with Crippen molar-refractivity contribution < 1.29 is 42.6 Å². The van der Waals surface area contributed by atoms with E-state index in [2.05, 4.69) is 5.32 Å². The molecule has 0 aromatic heterocycles. The van der Waals surface area contributed by atoms with Crippen molar-refractivity contribution in [2.24, 2.45) is 5.92 Å².